The molecule has 1 saturated heterocycles. The first-order valence-corrected chi connectivity index (χ1v) is 11.3. The van der Waals surface area contributed by atoms with Crippen LogP contribution in [0.25, 0.3) is 16.8 Å². The van der Waals surface area contributed by atoms with Crippen LogP contribution in [0.1, 0.15) is 44.7 Å². The number of benzene rings is 1. The number of anilines is 1. The van der Waals surface area contributed by atoms with Crippen LogP contribution in [0, 0.1) is 18.3 Å². The fourth-order valence-electron chi connectivity index (χ4n) is 5.51. The van der Waals surface area contributed by atoms with Gasteiger partial charge < -0.3 is 4.90 Å². The first-order chi connectivity index (χ1) is 14.0. The summed E-state index contributed by atoms with van der Waals surface area (Å²) < 4.78 is 2.11. The molecule has 0 unspecified atom stereocenters. The predicted octanol–water partition coefficient (Wildman–Crippen LogP) is 6.42. The van der Waals surface area contributed by atoms with E-state index in [0.717, 1.165) is 47.4 Å². The second kappa shape index (κ2) is 7.17. The lowest BCUT2D eigenvalue weighted by atomic mass is 9.71. The Kier molecular flexibility index (Phi) is 4.75. The van der Waals surface area contributed by atoms with Gasteiger partial charge in [-0.1, -0.05) is 55.1 Å². The van der Waals surface area contributed by atoms with Crippen LogP contribution in [0.15, 0.2) is 30.6 Å². The molecule has 1 spiro atoms. The average Bonchev–Trinajstić information content (AvgIpc) is 3.33. The molecule has 6 heteroatoms. The van der Waals surface area contributed by atoms with E-state index >= 15 is 0 Å². The number of rotatable bonds is 2. The molecule has 0 bridgehead atoms. The maximum absolute atomic E-state index is 6.53. The van der Waals surface area contributed by atoms with Crippen molar-refractivity contribution >= 4 is 34.8 Å². The van der Waals surface area contributed by atoms with Gasteiger partial charge in [-0.15, -0.1) is 0 Å². The lowest BCUT2D eigenvalue weighted by Gasteiger charge is -2.42. The van der Waals surface area contributed by atoms with Crippen molar-refractivity contribution in [3.8, 4) is 11.1 Å². The molecule has 3 aromatic rings. The van der Waals surface area contributed by atoms with Gasteiger partial charge in [-0.3, -0.25) is 4.40 Å². The first kappa shape index (κ1) is 19.2. The van der Waals surface area contributed by atoms with Crippen LogP contribution in [0.4, 0.5) is 5.95 Å². The molecule has 0 radical (unpaired) electrons. The minimum absolute atomic E-state index is 0.546. The molecule has 1 aliphatic carbocycles. The maximum atomic E-state index is 6.53. The van der Waals surface area contributed by atoms with Crippen molar-refractivity contribution in [3.05, 3.63) is 46.3 Å². The van der Waals surface area contributed by atoms with Gasteiger partial charge >= 0.3 is 0 Å². The maximum Gasteiger partial charge on any atom is 0.211 e. The molecule has 1 saturated carbocycles. The van der Waals surface area contributed by atoms with Gasteiger partial charge in [-0.25, -0.2) is 9.97 Å². The largest absolute Gasteiger partial charge is 0.342 e. The van der Waals surface area contributed by atoms with Crippen LogP contribution in [-0.2, 0) is 0 Å². The normalized spacial score (nSPS) is 21.4. The minimum Gasteiger partial charge on any atom is -0.342 e. The van der Waals surface area contributed by atoms with Gasteiger partial charge in [-0.2, -0.15) is 0 Å². The summed E-state index contributed by atoms with van der Waals surface area (Å²) in [6, 6.07) is 5.71. The van der Waals surface area contributed by atoms with Crippen molar-refractivity contribution in [3.63, 3.8) is 0 Å². The highest BCUT2D eigenvalue weighted by Crippen LogP contribution is 2.50. The molecule has 1 aromatic carbocycles. The van der Waals surface area contributed by atoms with Gasteiger partial charge in [-0.05, 0) is 43.6 Å². The zero-order chi connectivity index (χ0) is 20.2. The predicted molar refractivity (Wildman–Crippen MR) is 120 cm³/mol. The smallest absolute Gasteiger partial charge is 0.211 e. The molecule has 2 aliphatic rings. The molecule has 3 heterocycles. The SMILES string of the molecule is Cc1nc(N2CCC3(CCC[C@H]3C)CC2)n2ccnc2c1-c1cccc(Cl)c1Cl. The molecule has 29 heavy (non-hydrogen) atoms. The second-order valence-corrected chi connectivity index (χ2v) is 9.52. The van der Waals surface area contributed by atoms with Gasteiger partial charge in [0.15, 0.2) is 0 Å². The summed E-state index contributed by atoms with van der Waals surface area (Å²) in [4.78, 5) is 12.1. The van der Waals surface area contributed by atoms with E-state index in [1.807, 2.05) is 31.5 Å². The summed E-state index contributed by atoms with van der Waals surface area (Å²) in [5.41, 5.74) is 4.19. The summed E-state index contributed by atoms with van der Waals surface area (Å²) in [6.45, 7) is 6.60. The Hall–Kier alpha value is -1.78. The summed E-state index contributed by atoms with van der Waals surface area (Å²) in [5.74, 6) is 1.83. The highest BCUT2D eigenvalue weighted by atomic mass is 35.5. The Morgan fingerprint density at radius 3 is 2.66 bits per heavy atom. The topological polar surface area (TPSA) is 33.4 Å². The molecule has 2 fully saturated rings. The number of hydrogen-bond donors (Lipinski definition) is 0. The monoisotopic (exact) mass is 428 g/mol. The molecule has 1 atom stereocenters. The van der Waals surface area contributed by atoms with Crippen LogP contribution >= 0.6 is 23.2 Å². The summed E-state index contributed by atoms with van der Waals surface area (Å²) in [7, 11) is 0. The Morgan fingerprint density at radius 2 is 1.93 bits per heavy atom. The number of aromatic nitrogens is 3. The van der Waals surface area contributed by atoms with Crippen LogP contribution in [0.5, 0.6) is 0 Å². The van der Waals surface area contributed by atoms with E-state index in [4.69, 9.17) is 28.2 Å². The zero-order valence-corrected chi connectivity index (χ0v) is 18.5. The minimum atomic E-state index is 0.546. The lowest BCUT2D eigenvalue weighted by molar-refractivity contribution is 0.161. The quantitative estimate of drug-likeness (QED) is 0.472. The van der Waals surface area contributed by atoms with E-state index in [1.54, 1.807) is 6.07 Å². The lowest BCUT2D eigenvalue weighted by Crippen LogP contribution is -2.42. The van der Waals surface area contributed by atoms with Crippen molar-refractivity contribution < 1.29 is 0 Å². The molecule has 152 valence electrons. The number of imidazole rings is 1. The van der Waals surface area contributed by atoms with Crippen LogP contribution in [0.3, 0.4) is 0 Å². The first-order valence-electron chi connectivity index (χ1n) is 10.5. The fourth-order valence-corrected chi connectivity index (χ4v) is 5.91. The Labute approximate surface area is 181 Å². The molecule has 5 rings (SSSR count). The Balaban J connectivity index is 1.54. The van der Waals surface area contributed by atoms with Crippen molar-refractivity contribution in [2.24, 2.45) is 11.3 Å². The van der Waals surface area contributed by atoms with Crippen LogP contribution in [-0.4, -0.2) is 27.5 Å². The van der Waals surface area contributed by atoms with E-state index in [-0.39, 0.29) is 0 Å². The zero-order valence-electron chi connectivity index (χ0n) is 17.0. The number of fused-ring (bicyclic) bond motifs is 1. The van der Waals surface area contributed by atoms with Crippen LogP contribution < -0.4 is 4.90 Å². The number of aryl methyl sites for hydroxylation is 1. The molecule has 0 N–H and O–H groups in total. The highest BCUT2D eigenvalue weighted by molar-refractivity contribution is 6.43. The van der Waals surface area contributed by atoms with Gasteiger partial charge in [0.05, 0.1) is 15.7 Å². The van der Waals surface area contributed by atoms with Crippen molar-refractivity contribution in [1.29, 1.82) is 0 Å². The highest BCUT2D eigenvalue weighted by Gasteiger charge is 2.42. The molecular weight excluding hydrogens is 403 g/mol. The van der Waals surface area contributed by atoms with Gasteiger partial charge in [0.1, 0.15) is 5.65 Å². The summed E-state index contributed by atoms with van der Waals surface area (Å²) >= 11 is 12.8. The standard InChI is InChI=1S/C23H26Cl2N4/c1-15-5-4-8-23(15)9-12-28(13-10-23)22-27-16(2)19(21-26-11-14-29(21)22)17-6-3-7-18(24)20(17)25/h3,6-7,11,14-15H,4-5,8-10,12-13H2,1-2H3/t15-/m1/s1. The van der Waals surface area contributed by atoms with E-state index in [2.05, 4.69) is 21.2 Å². The molecule has 1 aliphatic heterocycles. The number of piperidine rings is 1. The van der Waals surface area contributed by atoms with Crippen molar-refractivity contribution in [1.82, 2.24) is 14.4 Å². The van der Waals surface area contributed by atoms with E-state index in [9.17, 15) is 0 Å². The van der Waals surface area contributed by atoms with Crippen LogP contribution in [0.2, 0.25) is 10.0 Å². The molecule has 0 amide bonds. The number of nitrogens with zero attached hydrogens (tertiary/aromatic N) is 4. The van der Waals surface area contributed by atoms with Crippen molar-refractivity contribution in [2.45, 2.75) is 46.0 Å². The third kappa shape index (κ3) is 3.03. The van der Waals surface area contributed by atoms with Gasteiger partial charge in [0, 0.05) is 36.6 Å². The summed E-state index contributed by atoms with van der Waals surface area (Å²) in [6.07, 6.45) is 10.5. The number of hydrogen-bond acceptors (Lipinski definition) is 3. The van der Waals surface area contributed by atoms with E-state index in [1.165, 1.54) is 32.1 Å². The van der Waals surface area contributed by atoms with E-state index < -0.39 is 0 Å². The second-order valence-electron chi connectivity index (χ2n) is 8.74. The third-order valence-corrected chi connectivity index (χ3v) is 8.15. The molecule has 4 nitrogen and oxygen atoms in total. The van der Waals surface area contributed by atoms with Gasteiger partial charge in [0.2, 0.25) is 5.95 Å². The van der Waals surface area contributed by atoms with E-state index in [0.29, 0.717) is 15.5 Å². The molecular formula is C23H26Cl2N4. The third-order valence-electron chi connectivity index (χ3n) is 7.33. The number of halogens is 2. The Bertz CT molecular complexity index is 1070. The molecule has 2 aromatic heterocycles. The van der Waals surface area contributed by atoms with Crippen molar-refractivity contribution in [2.75, 3.05) is 18.0 Å². The Morgan fingerprint density at radius 1 is 1.14 bits per heavy atom. The summed E-state index contributed by atoms with van der Waals surface area (Å²) in [5, 5.41) is 1.09. The fraction of sp³-hybridized carbons (Fsp3) is 0.478. The average molecular weight is 429 g/mol. The van der Waals surface area contributed by atoms with Gasteiger partial charge in [0.25, 0.3) is 0 Å².